The second kappa shape index (κ2) is 12.4. The number of pyridine rings is 2. The molecule has 3 aromatic heterocycles. The van der Waals surface area contributed by atoms with Gasteiger partial charge in [0.15, 0.2) is 5.82 Å². The number of nitrogens with one attached hydrogen (secondary N) is 1. The van der Waals surface area contributed by atoms with Gasteiger partial charge in [-0.2, -0.15) is 0 Å². The van der Waals surface area contributed by atoms with Crippen molar-refractivity contribution in [1.29, 1.82) is 0 Å². The van der Waals surface area contributed by atoms with E-state index in [9.17, 15) is 4.39 Å². The molecule has 9 nitrogen and oxygen atoms in total. The highest BCUT2D eigenvalue weighted by Crippen LogP contribution is 2.36. The minimum atomic E-state index is -0.451. The molecule has 218 valence electrons. The highest BCUT2D eigenvalue weighted by molar-refractivity contribution is 5.80. The van der Waals surface area contributed by atoms with Crippen LogP contribution in [-0.4, -0.2) is 71.2 Å². The zero-order valence-electron chi connectivity index (χ0n) is 24.1. The molecule has 42 heavy (non-hydrogen) atoms. The molecule has 0 saturated carbocycles. The molecule has 1 aromatic carbocycles. The molecule has 2 aliphatic rings. The second-order valence-corrected chi connectivity index (χ2v) is 11.2. The molecule has 2 aliphatic heterocycles. The number of halogens is 1. The molecular weight excluding hydrogens is 531 g/mol. The van der Waals surface area contributed by atoms with Crippen LogP contribution in [0.15, 0.2) is 61.1 Å². The lowest BCUT2D eigenvalue weighted by Crippen LogP contribution is -2.43. The number of methoxy groups -OCH3 is 1. The zero-order chi connectivity index (χ0) is 29.1. The fraction of sp³-hybridized carbons (Fsp3) is 0.375. The average Bonchev–Trinajstić information content (AvgIpc) is 3.01. The van der Waals surface area contributed by atoms with E-state index in [1.165, 1.54) is 13.2 Å². The van der Waals surface area contributed by atoms with E-state index >= 15 is 0 Å². The van der Waals surface area contributed by atoms with Crippen LogP contribution >= 0.6 is 0 Å². The number of rotatable bonds is 7. The third-order valence-corrected chi connectivity index (χ3v) is 8.25. The maximum atomic E-state index is 14.7. The van der Waals surface area contributed by atoms with Gasteiger partial charge in [-0.3, -0.25) is 4.98 Å². The van der Waals surface area contributed by atoms with Crippen molar-refractivity contribution in [2.75, 3.05) is 50.6 Å². The largest absolute Gasteiger partial charge is 0.496 e. The predicted molar refractivity (Wildman–Crippen MR) is 164 cm³/mol. The van der Waals surface area contributed by atoms with Gasteiger partial charge in [0, 0.05) is 72.2 Å². The number of likely N-dealkylation sites (tertiary alicyclic amines) is 1. The Morgan fingerprint density at radius 2 is 1.83 bits per heavy atom. The lowest BCUT2D eigenvalue weighted by Gasteiger charge is -2.34. The number of ether oxygens (including phenoxy) is 1. The van der Waals surface area contributed by atoms with Crippen LogP contribution in [0.25, 0.3) is 22.5 Å². The zero-order valence-corrected chi connectivity index (χ0v) is 24.1. The van der Waals surface area contributed by atoms with E-state index < -0.39 is 5.82 Å². The van der Waals surface area contributed by atoms with Crippen molar-refractivity contribution in [3.63, 3.8) is 0 Å². The van der Waals surface area contributed by atoms with Crippen molar-refractivity contribution in [3.05, 3.63) is 72.6 Å². The van der Waals surface area contributed by atoms with Gasteiger partial charge in [-0.1, -0.05) is 12.1 Å². The summed E-state index contributed by atoms with van der Waals surface area (Å²) in [4.78, 5) is 23.2. The van der Waals surface area contributed by atoms with Crippen LogP contribution in [0.2, 0.25) is 0 Å². The van der Waals surface area contributed by atoms with Crippen molar-refractivity contribution in [2.24, 2.45) is 5.73 Å². The van der Waals surface area contributed by atoms with Crippen molar-refractivity contribution >= 4 is 17.3 Å². The van der Waals surface area contributed by atoms with Gasteiger partial charge >= 0.3 is 0 Å². The summed E-state index contributed by atoms with van der Waals surface area (Å²) in [5.74, 6) is 1.76. The van der Waals surface area contributed by atoms with Gasteiger partial charge in [0.1, 0.15) is 23.2 Å². The average molecular weight is 569 g/mol. The summed E-state index contributed by atoms with van der Waals surface area (Å²) >= 11 is 0. The van der Waals surface area contributed by atoms with Crippen LogP contribution < -0.4 is 20.7 Å². The molecule has 4 aromatic rings. The molecule has 2 fully saturated rings. The maximum Gasteiger partial charge on any atom is 0.168 e. The van der Waals surface area contributed by atoms with Crippen LogP contribution in [-0.2, 0) is 0 Å². The van der Waals surface area contributed by atoms with E-state index in [1.54, 1.807) is 24.4 Å². The van der Waals surface area contributed by atoms with Gasteiger partial charge in [0.25, 0.3) is 0 Å². The van der Waals surface area contributed by atoms with Gasteiger partial charge in [0.05, 0.1) is 12.7 Å². The molecule has 1 atom stereocenters. The minimum Gasteiger partial charge on any atom is -0.496 e. The molecule has 0 aliphatic carbocycles. The van der Waals surface area contributed by atoms with Crippen LogP contribution in [0.5, 0.6) is 5.75 Å². The molecule has 10 heteroatoms. The summed E-state index contributed by atoms with van der Waals surface area (Å²) in [5.41, 5.74) is 10.8. The van der Waals surface area contributed by atoms with Crippen molar-refractivity contribution in [2.45, 2.75) is 37.6 Å². The summed E-state index contributed by atoms with van der Waals surface area (Å²) in [6.45, 7) is 3.89. The Morgan fingerprint density at radius 1 is 0.976 bits per heavy atom. The first-order valence-electron chi connectivity index (χ1n) is 14.6. The summed E-state index contributed by atoms with van der Waals surface area (Å²) in [6.07, 6.45) is 9.76. The Bertz CT molecular complexity index is 1520. The monoisotopic (exact) mass is 568 g/mol. The molecule has 3 N–H and O–H groups in total. The molecule has 2 saturated heterocycles. The van der Waals surface area contributed by atoms with Crippen LogP contribution in [0.1, 0.15) is 37.3 Å². The number of piperidine rings is 2. The Hall–Kier alpha value is -4.15. The van der Waals surface area contributed by atoms with Crippen LogP contribution in [0, 0.1) is 5.82 Å². The molecule has 0 spiro atoms. The van der Waals surface area contributed by atoms with E-state index in [2.05, 4.69) is 44.3 Å². The highest BCUT2D eigenvalue weighted by Gasteiger charge is 2.23. The maximum absolute atomic E-state index is 14.7. The van der Waals surface area contributed by atoms with Gasteiger partial charge in [-0.15, -0.1) is 0 Å². The third-order valence-electron chi connectivity index (χ3n) is 8.25. The van der Waals surface area contributed by atoms with Gasteiger partial charge < -0.3 is 25.6 Å². The van der Waals surface area contributed by atoms with Crippen LogP contribution in [0.3, 0.4) is 0 Å². The lowest BCUT2D eigenvalue weighted by atomic mass is 9.92. The summed E-state index contributed by atoms with van der Waals surface area (Å²) < 4.78 is 20.1. The topological polar surface area (TPSA) is 105 Å². The highest BCUT2D eigenvalue weighted by atomic mass is 19.1. The fourth-order valence-electron chi connectivity index (χ4n) is 5.91. The van der Waals surface area contributed by atoms with Crippen LogP contribution in [0.4, 0.5) is 21.7 Å². The SMILES string of the molecule is COc1cccc(F)c1-c1nccc(Nc2cc(N3CCC[C@H](N)C3)c(-c3ccc(C4CCN(C)CC4)nc3)cn2)n1. The second-order valence-electron chi connectivity index (χ2n) is 11.2. The first kappa shape index (κ1) is 28.0. The predicted octanol–water partition coefficient (Wildman–Crippen LogP) is 5.23. The number of benzene rings is 1. The molecule has 0 radical (unpaired) electrons. The van der Waals surface area contributed by atoms with E-state index in [0.29, 0.717) is 23.3 Å². The number of nitrogens with zero attached hydrogens (tertiary/aromatic N) is 6. The normalized spacial score (nSPS) is 18.2. The third kappa shape index (κ3) is 6.05. The molecular formula is C32H37FN8O. The van der Waals surface area contributed by atoms with Gasteiger partial charge in [-0.05, 0) is 70.1 Å². The molecule has 6 rings (SSSR count). The lowest BCUT2D eigenvalue weighted by molar-refractivity contribution is 0.253. The molecule has 0 amide bonds. The standard InChI is InChI=1S/C32H37FN8O/c1-40-15-11-21(12-16-40)26-9-8-22(18-36-26)24-19-37-30(17-27(24)41-14-4-5-23(34)20-41)38-29-10-13-35-32(39-29)31-25(33)6-3-7-28(31)42-2/h3,6-10,13,17-19,21,23H,4-5,11-12,14-16,20,34H2,1-2H3,(H,35,37,38,39)/t23-/m0/s1. The first-order chi connectivity index (χ1) is 20.5. The number of aromatic nitrogens is 4. The minimum absolute atomic E-state index is 0.112. The first-order valence-corrected chi connectivity index (χ1v) is 14.6. The quantitative estimate of drug-likeness (QED) is 0.310. The van der Waals surface area contributed by atoms with Crippen molar-refractivity contribution in [3.8, 4) is 28.3 Å². The summed E-state index contributed by atoms with van der Waals surface area (Å²) in [5, 5.41) is 3.29. The van der Waals surface area contributed by atoms with E-state index in [1.807, 2.05) is 18.5 Å². The van der Waals surface area contributed by atoms with Gasteiger partial charge in [0.2, 0.25) is 0 Å². The Morgan fingerprint density at radius 3 is 2.60 bits per heavy atom. The van der Waals surface area contributed by atoms with E-state index in [4.69, 9.17) is 20.4 Å². The fourth-order valence-corrected chi connectivity index (χ4v) is 5.91. The van der Waals surface area contributed by atoms with Crippen molar-refractivity contribution in [1.82, 2.24) is 24.8 Å². The van der Waals surface area contributed by atoms with E-state index in [0.717, 1.165) is 74.4 Å². The Kier molecular flexibility index (Phi) is 8.25. The summed E-state index contributed by atoms with van der Waals surface area (Å²) in [6, 6.07) is 12.9. The smallest absolute Gasteiger partial charge is 0.168 e. The molecule has 0 unspecified atom stereocenters. The number of anilines is 3. The number of nitrogens with two attached hydrogens (primary N) is 1. The Labute approximate surface area is 246 Å². The molecule has 0 bridgehead atoms. The number of hydrogen-bond donors (Lipinski definition) is 2. The van der Waals surface area contributed by atoms with Crippen molar-refractivity contribution < 1.29 is 9.13 Å². The molecule has 5 heterocycles. The van der Waals surface area contributed by atoms with E-state index in [-0.39, 0.29) is 17.4 Å². The summed E-state index contributed by atoms with van der Waals surface area (Å²) in [7, 11) is 3.67. The Balaban J connectivity index is 1.30. The van der Waals surface area contributed by atoms with Gasteiger partial charge in [-0.25, -0.2) is 19.3 Å². The number of hydrogen-bond acceptors (Lipinski definition) is 9.